The summed E-state index contributed by atoms with van der Waals surface area (Å²) >= 11 is 12.2. The van der Waals surface area contributed by atoms with Crippen LogP contribution in [0.15, 0.2) is 42.5 Å². The molecule has 1 N–H and O–H groups in total. The lowest BCUT2D eigenvalue weighted by atomic mass is 10.1. The van der Waals surface area contributed by atoms with E-state index in [-0.39, 0.29) is 18.6 Å². The molecule has 0 aliphatic carbocycles. The maximum atomic E-state index is 13.1. The molecule has 3 rings (SSSR count). The predicted molar refractivity (Wildman–Crippen MR) is 118 cm³/mol. The quantitative estimate of drug-likeness (QED) is 0.635. The SMILES string of the molecule is CCN(CC(=O)Nc1c(Cl)cccc1Cl)C(=O)c1ccccc1OCC1CCCO1. The Kier molecular flexibility index (Phi) is 7.96. The van der Waals surface area contributed by atoms with Crippen molar-refractivity contribution in [3.05, 3.63) is 58.1 Å². The van der Waals surface area contributed by atoms with Crippen LogP contribution < -0.4 is 10.1 Å². The summed E-state index contributed by atoms with van der Waals surface area (Å²) in [4.78, 5) is 27.1. The third-order valence-corrected chi connectivity index (χ3v) is 5.43. The van der Waals surface area contributed by atoms with E-state index >= 15 is 0 Å². The van der Waals surface area contributed by atoms with Crippen LogP contribution in [0.5, 0.6) is 5.75 Å². The predicted octanol–water partition coefficient (Wildman–Crippen LogP) is 4.65. The van der Waals surface area contributed by atoms with Gasteiger partial charge in [0.05, 0.1) is 27.4 Å². The first-order valence-electron chi connectivity index (χ1n) is 9.86. The summed E-state index contributed by atoms with van der Waals surface area (Å²) in [5, 5.41) is 3.35. The van der Waals surface area contributed by atoms with Crippen molar-refractivity contribution >= 4 is 40.7 Å². The van der Waals surface area contributed by atoms with Crippen molar-refractivity contribution in [3.8, 4) is 5.75 Å². The average Bonchev–Trinajstić information content (AvgIpc) is 3.27. The molecule has 1 aliphatic rings. The van der Waals surface area contributed by atoms with E-state index in [2.05, 4.69) is 5.32 Å². The lowest BCUT2D eigenvalue weighted by Crippen LogP contribution is -2.38. The highest BCUT2D eigenvalue weighted by molar-refractivity contribution is 6.39. The molecule has 30 heavy (non-hydrogen) atoms. The number of nitrogens with one attached hydrogen (secondary N) is 1. The summed E-state index contributed by atoms with van der Waals surface area (Å²) in [6.07, 6.45) is 2.01. The zero-order valence-electron chi connectivity index (χ0n) is 16.7. The first-order chi connectivity index (χ1) is 14.5. The Balaban J connectivity index is 1.67. The van der Waals surface area contributed by atoms with E-state index in [0.29, 0.717) is 40.2 Å². The van der Waals surface area contributed by atoms with Gasteiger partial charge in [0.15, 0.2) is 0 Å². The molecule has 2 aromatic rings. The Bertz CT molecular complexity index is 880. The van der Waals surface area contributed by atoms with Gasteiger partial charge in [-0.2, -0.15) is 0 Å². The number of hydrogen-bond donors (Lipinski definition) is 1. The smallest absolute Gasteiger partial charge is 0.258 e. The number of carbonyl (C=O) groups is 2. The molecule has 1 atom stereocenters. The molecule has 0 aromatic heterocycles. The fraction of sp³-hybridized carbons (Fsp3) is 0.364. The van der Waals surface area contributed by atoms with Gasteiger partial charge in [0.2, 0.25) is 5.91 Å². The number of rotatable bonds is 8. The van der Waals surface area contributed by atoms with Crippen molar-refractivity contribution in [2.45, 2.75) is 25.9 Å². The molecule has 8 heteroatoms. The first kappa shape index (κ1) is 22.4. The molecular formula is C22H24Cl2N2O4. The van der Waals surface area contributed by atoms with Gasteiger partial charge in [0, 0.05) is 13.2 Å². The number of nitrogens with zero attached hydrogens (tertiary/aromatic N) is 1. The van der Waals surface area contributed by atoms with Gasteiger partial charge >= 0.3 is 0 Å². The van der Waals surface area contributed by atoms with Crippen LogP contribution in [0, 0.1) is 0 Å². The van der Waals surface area contributed by atoms with E-state index in [1.165, 1.54) is 4.90 Å². The van der Waals surface area contributed by atoms with Crippen molar-refractivity contribution in [3.63, 3.8) is 0 Å². The second kappa shape index (κ2) is 10.7. The van der Waals surface area contributed by atoms with Crippen LogP contribution in [-0.2, 0) is 9.53 Å². The average molecular weight is 451 g/mol. The number of para-hydroxylation sites is 2. The fourth-order valence-corrected chi connectivity index (χ4v) is 3.69. The number of halogens is 2. The highest BCUT2D eigenvalue weighted by Crippen LogP contribution is 2.29. The summed E-state index contributed by atoms with van der Waals surface area (Å²) < 4.78 is 11.4. The molecule has 1 saturated heterocycles. The van der Waals surface area contributed by atoms with Crippen LogP contribution in [0.25, 0.3) is 0 Å². The van der Waals surface area contributed by atoms with Crippen molar-refractivity contribution in [1.29, 1.82) is 0 Å². The van der Waals surface area contributed by atoms with Gasteiger partial charge in [-0.25, -0.2) is 0 Å². The van der Waals surface area contributed by atoms with Crippen molar-refractivity contribution in [2.75, 3.05) is 31.6 Å². The van der Waals surface area contributed by atoms with E-state index < -0.39 is 5.91 Å². The molecule has 0 radical (unpaired) electrons. The van der Waals surface area contributed by atoms with Crippen LogP contribution in [0.3, 0.4) is 0 Å². The van der Waals surface area contributed by atoms with Gasteiger partial charge in [-0.15, -0.1) is 0 Å². The van der Waals surface area contributed by atoms with Gasteiger partial charge in [-0.1, -0.05) is 41.4 Å². The van der Waals surface area contributed by atoms with E-state index in [1.54, 1.807) is 36.4 Å². The van der Waals surface area contributed by atoms with Gasteiger partial charge in [-0.3, -0.25) is 9.59 Å². The molecule has 1 unspecified atom stereocenters. The Morgan fingerprint density at radius 3 is 2.57 bits per heavy atom. The Hall–Kier alpha value is -2.28. The number of anilines is 1. The first-order valence-corrected chi connectivity index (χ1v) is 10.6. The molecule has 160 valence electrons. The minimum atomic E-state index is -0.391. The van der Waals surface area contributed by atoms with Crippen molar-refractivity contribution in [2.24, 2.45) is 0 Å². The zero-order valence-corrected chi connectivity index (χ0v) is 18.2. The zero-order chi connectivity index (χ0) is 21.5. The van der Waals surface area contributed by atoms with Crippen molar-refractivity contribution < 1.29 is 19.1 Å². The maximum Gasteiger partial charge on any atom is 0.258 e. The molecule has 0 bridgehead atoms. The van der Waals surface area contributed by atoms with Crippen LogP contribution >= 0.6 is 23.2 Å². The molecule has 6 nitrogen and oxygen atoms in total. The molecule has 1 fully saturated rings. The van der Waals surface area contributed by atoms with Crippen LogP contribution in [0.4, 0.5) is 5.69 Å². The van der Waals surface area contributed by atoms with Gasteiger partial charge in [-0.05, 0) is 44.0 Å². The molecular weight excluding hydrogens is 427 g/mol. The number of hydrogen-bond acceptors (Lipinski definition) is 4. The number of amides is 2. The lowest BCUT2D eigenvalue weighted by Gasteiger charge is -2.22. The summed E-state index contributed by atoms with van der Waals surface area (Å²) in [6, 6.07) is 12.0. The molecule has 1 heterocycles. The normalized spacial score (nSPS) is 15.6. The van der Waals surface area contributed by atoms with E-state index in [1.807, 2.05) is 13.0 Å². The van der Waals surface area contributed by atoms with E-state index in [0.717, 1.165) is 19.4 Å². The second-order valence-electron chi connectivity index (χ2n) is 6.91. The third-order valence-electron chi connectivity index (χ3n) is 4.80. The number of ether oxygens (including phenoxy) is 2. The highest BCUT2D eigenvalue weighted by atomic mass is 35.5. The van der Waals surface area contributed by atoms with E-state index in [9.17, 15) is 9.59 Å². The van der Waals surface area contributed by atoms with Gasteiger partial charge < -0.3 is 19.7 Å². The number of benzene rings is 2. The monoisotopic (exact) mass is 450 g/mol. The molecule has 0 spiro atoms. The summed E-state index contributed by atoms with van der Waals surface area (Å²) in [6.45, 7) is 3.15. The molecule has 2 aromatic carbocycles. The molecule has 1 aliphatic heterocycles. The van der Waals surface area contributed by atoms with Crippen LogP contribution in [0.1, 0.15) is 30.1 Å². The van der Waals surface area contributed by atoms with Gasteiger partial charge in [0.25, 0.3) is 5.91 Å². The Morgan fingerprint density at radius 2 is 1.90 bits per heavy atom. The van der Waals surface area contributed by atoms with Crippen molar-refractivity contribution in [1.82, 2.24) is 4.90 Å². The molecule has 0 saturated carbocycles. The highest BCUT2D eigenvalue weighted by Gasteiger charge is 2.23. The second-order valence-corrected chi connectivity index (χ2v) is 7.72. The minimum absolute atomic E-state index is 0.0431. The Morgan fingerprint density at radius 1 is 1.17 bits per heavy atom. The molecule has 2 amide bonds. The topological polar surface area (TPSA) is 67.9 Å². The summed E-state index contributed by atoms with van der Waals surface area (Å²) in [7, 11) is 0. The number of likely N-dealkylation sites (N-methyl/N-ethyl adjacent to an activating group) is 1. The minimum Gasteiger partial charge on any atom is -0.490 e. The number of carbonyl (C=O) groups excluding carboxylic acids is 2. The van der Waals surface area contributed by atoms with Crippen LogP contribution in [0.2, 0.25) is 10.0 Å². The lowest BCUT2D eigenvalue weighted by molar-refractivity contribution is -0.116. The third kappa shape index (κ3) is 5.65. The standard InChI is InChI=1S/C22H24Cl2N2O4/c1-2-26(13-20(27)25-21-17(23)9-5-10-18(21)24)22(28)16-8-3-4-11-19(16)30-14-15-7-6-12-29-15/h3-5,8-11,15H,2,6-7,12-14H2,1H3,(H,25,27). The maximum absolute atomic E-state index is 13.1. The van der Waals surface area contributed by atoms with Crippen LogP contribution in [-0.4, -0.2) is 49.1 Å². The summed E-state index contributed by atoms with van der Waals surface area (Å²) in [5.41, 5.74) is 0.732. The largest absolute Gasteiger partial charge is 0.490 e. The summed E-state index contributed by atoms with van der Waals surface area (Å²) in [5.74, 6) is -0.204. The van der Waals surface area contributed by atoms with Gasteiger partial charge in [0.1, 0.15) is 18.9 Å². The van der Waals surface area contributed by atoms with E-state index in [4.69, 9.17) is 32.7 Å². The Labute approximate surface area is 186 Å². The fourth-order valence-electron chi connectivity index (χ4n) is 3.19.